The Morgan fingerprint density at radius 3 is 2.42 bits per heavy atom. The van der Waals surface area contributed by atoms with Crippen LogP contribution in [0.3, 0.4) is 0 Å². The molecule has 0 aliphatic heterocycles. The molecule has 2 aromatic carbocycles. The molecule has 24 heavy (non-hydrogen) atoms. The average molecular weight is 367 g/mol. The first-order chi connectivity index (χ1) is 11.2. The van der Waals surface area contributed by atoms with Gasteiger partial charge in [0, 0.05) is 24.7 Å². The molecule has 0 aliphatic rings. The molecule has 0 radical (unpaired) electrons. The monoisotopic (exact) mass is 366 g/mol. The van der Waals surface area contributed by atoms with E-state index in [-0.39, 0.29) is 22.4 Å². The Labute approximate surface area is 147 Å². The molecular weight excluding hydrogens is 348 g/mol. The highest BCUT2D eigenvalue weighted by atomic mass is 35.5. The molecule has 0 bridgehead atoms. The van der Waals surface area contributed by atoms with E-state index in [1.165, 1.54) is 26.2 Å². The topological polar surface area (TPSA) is 66.5 Å². The first kappa shape index (κ1) is 18.4. The van der Waals surface area contributed by atoms with Crippen LogP contribution in [0.5, 0.6) is 0 Å². The van der Waals surface area contributed by atoms with Crippen molar-refractivity contribution in [3.05, 3.63) is 64.7 Å². The van der Waals surface area contributed by atoms with Gasteiger partial charge in [0.2, 0.25) is 10.0 Å². The number of amides is 1. The van der Waals surface area contributed by atoms with Crippen LogP contribution in [0, 0.1) is 0 Å². The van der Waals surface area contributed by atoms with E-state index in [9.17, 15) is 13.2 Å². The third-order valence-corrected chi connectivity index (χ3v) is 5.62. The molecule has 0 aromatic heterocycles. The third kappa shape index (κ3) is 4.14. The van der Waals surface area contributed by atoms with Crippen molar-refractivity contribution < 1.29 is 13.2 Å². The molecule has 1 N–H and O–H groups in total. The Kier molecular flexibility index (Phi) is 5.64. The first-order valence-corrected chi connectivity index (χ1v) is 9.12. The quantitative estimate of drug-likeness (QED) is 0.884. The normalized spacial score (nSPS) is 12.9. The minimum atomic E-state index is -3.58. The largest absolute Gasteiger partial charge is 0.346 e. The molecule has 7 heteroatoms. The number of carbonyl (C=O) groups is 1. The summed E-state index contributed by atoms with van der Waals surface area (Å²) >= 11 is 5.96. The summed E-state index contributed by atoms with van der Waals surface area (Å²) in [5.41, 5.74) is 1.15. The zero-order valence-electron chi connectivity index (χ0n) is 13.7. The summed E-state index contributed by atoms with van der Waals surface area (Å²) in [5, 5.41) is 3.43. The van der Waals surface area contributed by atoms with Crippen LogP contribution >= 0.6 is 11.6 Å². The molecule has 2 rings (SSSR count). The van der Waals surface area contributed by atoms with E-state index in [0.29, 0.717) is 5.02 Å². The van der Waals surface area contributed by atoms with Gasteiger partial charge in [-0.3, -0.25) is 4.79 Å². The molecule has 0 unspecified atom stereocenters. The standard InChI is InChI=1S/C17H19ClN2O3S/c1-12(13-6-4-8-15(18)10-13)19-17(21)14-7-5-9-16(11-14)24(22,23)20(2)3/h4-12H,1-3H3,(H,19,21)/t12-/m1/s1. The fourth-order valence-electron chi connectivity index (χ4n) is 2.15. The van der Waals surface area contributed by atoms with Gasteiger partial charge in [-0.15, -0.1) is 0 Å². The number of benzene rings is 2. The number of nitrogens with one attached hydrogen (secondary N) is 1. The van der Waals surface area contributed by atoms with Gasteiger partial charge in [-0.2, -0.15) is 0 Å². The summed E-state index contributed by atoms with van der Waals surface area (Å²) in [6.07, 6.45) is 0. The van der Waals surface area contributed by atoms with E-state index in [1.807, 2.05) is 19.1 Å². The lowest BCUT2D eigenvalue weighted by Crippen LogP contribution is -2.27. The number of halogens is 1. The highest BCUT2D eigenvalue weighted by Crippen LogP contribution is 2.19. The van der Waals surface area contributed by atoms with Crippen LogP contribution in [0.15, 0.2) is 53.4 Å². The summed E-state index contributed by atoms with van der Waals surface area (Å²) in [7, 11) is -0.688. The van der Waals surface area contributed by atoms with Crippen molar-refractivity contribution in [2.45, 2.75) is 17.9 Å². The number of carbonyl (C=O) groups excluding carboxylic acids is 1. The molecule has 0 aliphatic carbocycles. The number of sulfonamides is 1. The minimum Gasteiger partial charge on any atom is -0.346 e. The van der Waals surface area contributed by atoms with E-state index in [4.69, 9.17) is 11.6 Å². The molecule has 5 nitrogen and oxygen atoms in total. The van der Waals surface area contributed by atoms with Gasteiger partial charge < -0.3 is 5.32 Å². The fourth-order valence-corrected chi connectivity index (χ4v) is 3.29. The van der Waals surface area contributed by atoms with Crippen molar-refractivity contribution in [1.29, 1.82) is 0 Å². The van der Waals surface area contributed by atoms with Crippen molar-refractivity contribution >= 4 is 27.5 Å². The Morgan fingerprint density at radius 2 is 1.79 bits per heavy atom. The number of hydrogen-bond donors (Lipinski definition) is 1. The van der Waals surface area contributed by atoms with E-state index in [0.717, 1.165) is 9.87 Å². The highest BCUT2D eigenvalue weighted by Gasteiger charge is 2.19. The maximum absolute atomic E-state index is 12.4. The van der Waals surface area contributed by atoms with Crippen LogP contribution in [0.4, 0.5) is 0 Å². The molecule has 1 atom stereocenters. The van der Waals surface area contributed by atoms with Crippen molar-refractivity contribution in [2.24, 2.45) is 0 Å². The zero-order valence-corrected chi connectivity index (χ0v) is 15.2. The van der Waals surface area contributed by atoms with Crippen molar-refractivity contribution in [3.8, 4) is 0 Å². The van der Waals surface area contributed by atoms with E-state index >= 15 is 0 Å². The molecule has 1 amide bonds. The van der Waals surface area contributed by atoms with Crippen molar-refractivity contribution in [3.63, 3.8) is 0 Å². The lowest BCUT2D eigenvalue weighted by atomic mass is 10.1. The molecule has 0 fully saturated rings. The van der Waals surface area contributed by atoms with Gasteiger partial charge in [0.05, 0.1) is 10.9 Å². The van der Waals surface area contributed by atoms with Gasteiger partial charge in [-0.25, -0.2) is 12.7 Å². The SMILES string of the molecule is C[C@@H](NC(=O)c1cccc(S(=O)(=O)N(C)C)c1)c1cccc(Cl)c1. The molecular formula is C17H19ClN2O3S. The summed E-state index contributed by atoms with van der Waals surface area (Å²) in [4.78, 5) is 12.5. The van der Waals surface area contributed by atoms with Gasteiger partial charge >= 0.3 is 0 Å². The Bertz CT molecular complexity index is 850. The fraction of sp³-hybridized carbons (Fsp3) is 0.235. The van der Waals surface area contributed by atoms with Crippen LogP contribution in [-0.4, -0.2) is 32.7 Å². The second kappa shape index (κ2) is 7.34. The predicted octanol–water partition coefficient (Wildman–Crippen LogP) is 3.08. The van der Waals surface area contributed by atoms with Gasteiger partial charge in [0.1, 0.15) is 0 Å². The lowest BCUT2D eigenvalue weighted by molar-refractivity contribution is 0.0939. The molecule has 0 saturated heterocycles. The minimum absolute atomic E-state index is 0.0792. The highest BCUT2D eigenvalue weighted by molar-refractivity contribution is 7.89. The van der Waals surface area contributed by atoms with Gasteiger partial charge in [0.25, 0.3) is 5.91 Å². The van der Waals surface area contributed by atoms with Gasteiger partial charge in [-0.05, 0) is 42.8 Å². The smallest absolute Gasteiger partial charge is 0.251 e. The van der Waals surface area contributed by atoms with E-state index in [2.05, 4.69) is 5.32 Å². The molecule has 0 heterocycles. The predicted molar refractivity (Wildman–Crippen MR) is 94.6 cm³/mol. The van der Waals surface area contributed by atoms with Crippen molar-refractivity contribution in [2.75, 3.05) is 14.1 Å². The summed E-state index contributed by atoms with van der Waals surface area (Å²) < 4.78 is 25.4. The first-order valence-electron chi connectivity index (χ1n) is 7.31. The maximum Gasteiger partial charge on any atom is 0.251 e. The summed E-state index contributed by atoms with van der Waals surface area (Å²) in [6, 6.07) is 12.9. The van der Waals surface area contributed by atoms with Crippen LogP contribution in [0.25, 0.3) is 0 Å². The van der Waals surface area contributed by atoms with Crippen LogP contribution in [0.2, 0.25) is 5.02 Å². The Balaban J connectivity index is 2.22. The second-order valence-corrected chi connectivity index (χ2v) is 8.15. The zero-order chi connectivity index (χ0) is 17.9. The Hall–Kier alpha value is -1.89. The lowest BCUT2D eigenvalue weighted by Gasteiger charge is -2.16. The van der Waals surface area contributed by atoms with Crippen molar-refractivity contribution in [1.82, 2.24) is 9.62 Å². The van der Waals surface area contributed by atoms with E-state index in [1.54, 1.807) is 24.3 Å². The number of hydrogen-bond acceptors (Lipinski definition) is 3. The molecule has 0 spiro atoms. The van der Waals surface area contributed by atoms with Gasteiger partial charge in [0.15, 0.2) is 0 Å². The molecule has 128 valence electrons. The van der Waals surface area contributed by atoms with Crippen LogP contribution in [-0.2, 0) is 10.0 Å². The second-order valence-electron chi connectivity index (χ2n) is 5.57. The average Bonchev–Trinajstić information content (AvgIpc) is 2.54. The van der Waals surface area contributed by atoms with Crippen LogP contribution < -0.4 is 5.32 Å². The molecule has 0 saturated carbocycles. The molecule has 2 aromatic rings. The Morgan fingerprint density at radius 1 is 1.12 bits per heavy atom. The van der Waals surface area contributed by atoms with Crippen LogP contribution in [0.1, 0.15) is 28.9 Å². The summed E-state index contributed by atoms with van der Waals surface area (Å²) in [5.74, 6) is -0.349. The third-order valence-electron chi connectivity index (χ3n) is 3.57. The van der Waals surface area contributed by atoms with E-state index < -0.39 is 10.0 Å². The number of rotatable bonds is 5. The summed E-state index contributed by atoms with van der Waals surface area (Å²) in [6.45, 7) is 1.84. The van der Waals surface area contributed by atoms with Gasteiger partial charge in [-0.1, -0.05) is 29.8 Å². The maximum atomic E-state index is 12.4. The number of nitrogens with zero attached hydrogens (tertiary/aromatic N) is 1.